The van der Waals surface area contributed by atoms with Gasteiger partial charge < -0.3 is 10.4 Å². The van der Waals surface area contributed by atoms with E-state index in [9.17, 15) is 18.3 Å². The molecular formula is C18H18Cl2N2O4S. The van der Waals surface area contributed by atoms with Gasteiger partial charge in [0, 0.05) is 29.6 Å². The summed E-state index contributed by atoms with van der Waals surface area (Å²) in [5, 5.41) is 13.7. The molecule has 2 atom stereocenters. The van der Waals surface area contributed by atoms with Gasteiger partial charge in [0.05, 0.1) is 11.0 Å². The van der Waals surface area contributed by atoms with E-state index in [0.29, 0.717) is 10.0 Å². The van der Waals surface area contributed by atoms with Crippen LogP contribution in [0.3, 0.4) is 0 Å². The Bertz CT molecular complexity index is 917. The van der Waals surface area contributed by atoms with Crippen molar-refractivity contribution in [2.45, 2.75) is 30.0 Å². The molecule has 2 N–H and O–H groups in total. The van der Waals surface area contributed by atoms with Gasteiger partial charge in [-0.15, -0.1) is 0 Å². The van der Waals surface area contributed by atoms with Gasteiger partial charge in [-0.1, -0.05) is 35.3 Å². The smallest absolute Gasteiger partial charge is 0.243 e. The van der Waals surface area contributed by atoms with Crippen LogP contribution in [0.5, 0.6) is 0 Å². The molecule has 0 unspecified atom stereocenters. The summed E-state index contributed by atoms with van der Waals surface area (Å²) in [5.41, 5.74) is 0.832. The van der Waals surface area contributed by atoms with Gasteiger partial charge in [0.2, 0.25) is 15.9 Å². The third-order valence-corrected chi connectivity index (χ3v) is 6.73. The van der Waals surface area contributed by atoms with Crippen LogP contribution in [-0.4, -0.2) is 42.4 Å². The van der Waals surface area contributed by atoms with Crippen molar-refractivity contribution >= 4 is 39.1 Å². The van der Waals surface area contributed by atoms with E-state index >= 15 is 0 Å². The second-order valence-corrected chi connectivity index (χ2v) is 9.04. The van der Waals surface area contributed by atoms with Gasteiger partial charge in [-0.25, -0.2) is 8.42 Å². The molecule has 27 heavy (non-hydrogen) atoms. The topological polar surface area (TPSA) is 86.7 Å². The molecule has 1 aliphatic heterocycles. The van der Waals surface area contributed by atoms with Gasteiger partial charge in [0.1, 0.15) is 6.04 Å². The quantitative estimate of drug-likeness (QED) is 0.765. The van der Waals surface area contributed by atoms with Crippen molar-refractivity contribution in [3.8, 4) is 0 Å². The number of amides is 1. The molecule has 1 saturated heterocycles. The number of hydrogen-bond donors (Lipinski definition) is 2. The van der Waals surface area contributed by atoms with Gasteiger partial charge >= 0.3 is 0 Å². The summed E-state index contributed by atoms with van der Waals surface area (Å²) in [7, 11) is -3.93. The van der Waals surface area contributed by atoms with Crippen LogP contribution in [0.25, 0.3) is 0 Å². The normalized spacial score (nSPS) is 20.6. The number of halogens is 2. The summed E-state index contributed by atoms with van der Waals surface area (Å²) >= 11 is 11.6. The molecule has 2 aromatic carbocycles. The third-order valence-electron chi connectivity index (χ3n) is 4.34. The Morgan fingerprint density at radius 3 is 2.22 bits per heavy atom. The number of nitrogens with one attached hydrogen (secondary N) is 1. The van der Waals surface area contributed by atoms with Crippen LogP contribution in [0, 0.1) is 0 Å². The molecule has 0 aliphatic carbocycles. The molecule has 0 radical (unpaired) electrons. The van der Waals surface area contributed by atoms with Gasteiger partial charge in [0.15, 0.2) is 0 Å². The first kappa shape index (κ1) is 20.1. The summed E-state index contributed by atoms with van der Waals surface area (Å²) in [6.07, 6.45) is -0.863. The minimum absolute atomic E-state index is 0.0245. The van der Waals surface area contributed by atoms with Crippen molar-refractivity contribution in [3.05, 3.63) is 64.1 Å². The first-order valence-electron chi connectivity index (χ1n) is 8.25. The highest BCUT2D eigenvalue weighted by Gasteiger charge is 2.43. The van der Waals surface area contributed by atoms with Gasteiger partial charge in [-0.3, -0.25) is 4.79 Å². The fourth-order valence-electron chi connectivity index (χ4n) is 2.94. The lowest BCUT2D eigenvalue weighted by Gasteiger charge is -2.23. The largest absolute Gasteiger partial charge is 0.392 e. The van der Waals surface area contributed by atoms with Gasteiger partial charge in [0.25, 0.3) is 0 Å². The first-order valence-corrected chi connectivity index (χ1v) is 10.4. The van der Waals surface area contributed by atoms with Crippen LogP contribution in [0.1, 0.15) is 12.0 Å². The van der Waals surface area contributed by atoms with E-state index in [2.05, 4.69) is 5.32 Å². The highest BCUT2D eigenvalue weighted by Crippen LogP contribution is 2.27. The predicted molar refractivity (Wildman–Crippen MR) is 103 cm³/mol. The molecule has 6 nitrogen and oxygen atoms in total. The maximum absolute atomic E-state index is 12.9. The minimum Gasteiger partial charge on any atom is -0.392 e. The van der Waals surface area contributed by atoms with Gasteiger partial charge in [-0.2, -0.15) is 4.31 Å². The van der Waals surface area contributed by atoms with Crippen molar-refractivity contribution in [2.75, 3.05) is 6.54 Å². The molecule has 2 aromatic rings. The zero-order valence-electron chi connectivity index (χ0n) is 14.2. The van der Waals surface area contributed by atoms with E-state index < -0.39 is 28.1 Å². The van der Waals surface area contributed by atoms with Crippen molar-refractivity contribution in [3.63, 3.8) is 0 Å². The standard InChI is InChI=1S/C18H18Cl2N2O4S/c19-13-3-1-12(2-4-13)10-21-18(24)17-9-15(23)11-22(17)27(25,26)16-7-5-14(20)6-8-16/h1-8,15,17,23H,9-11H2,(H,21,24)/t15-,17+/m0/s1. The highest BCUT2D eigenvalue weighted by atomic mass is 35.5. The van der Waals surface area contributed by atoms with Crippen molar-refractivity contribution < 1.29 is 18.3 Å². The number of sulfonamides is 1. The Morgan fingerprint density at radius 1 is 1.07 bits per heavy atom. The second kappa shape index (κ2) is 8.16. The number of carbonyl (C=O) groups excluding carboxylic acids is 1. The number of carbonyl (C=O) groups is 1. The Labute approximate surface area is 167 Å². The summed E-state index contributed by atoms with van der Waals surface area (Å²) < 4.78 is 26.8. The van der Waals surface area contributed by atoms with E-state index in [1.807, 2.05) is 0 Å². The Balaban J connectivity index is 1.75. The van der Waals surface area contributed by atoms with E-state index in [4.69, 9.17) is 23.2 Å². The first-order chi connectivity index (χ1) is 12.8. The molecule has 1 amide bonds. The number of nitrogens with zero attached hydrogens (tertiary/aromatic N) is 1. The number of hydrogen-bond acceptors (Lipinski definition) is 4. The number of benzene rings is 2. The van der Waals surface area contributed by atoms with Crippen molar-refractivity contribution in [2.24, 2.45) is 0 Å². The number of aliphatic hydroxyl groups is 1. The fourth-order valence-corrected chi connectivity index (χ4v) is 4.83. The maximum Gasteiger partial charge on any atom is 0.243 e. The van der Waals surface area contributed by atoms with E-state index in [1.54, 1.807) is 24.3 Å². The summed E-state index contributed by atoms with van der Waals surface area (Å²) in [5.74, 6) is -0.459. The Morgan fingerprint density at radius 2 is 1.63 bits per heavy atom. The molecule has 1 aliphatic rings. The zero-order chi connectivity index (χ0) is 19.6. The lowest BCUT2D eigenvalue weighted by atomic mass is 10.2. The molecule has 3 rings (SSSR count). The lowest BCUT2D eigenvalue weighted by Crippen LogP contribution is -2.45. The van der Waals surface area contributed by atoms with E-state index in [0.717, 1.165) is 9.87 Å². The monoisotopic (exact) mass is 428 g/mol. The third kappa shape index (κ3) is 4.62. The SMILES string of the molecule is O=C(NCc1ccc(Cl)cc1)[C@H]1C[C@H](O)CN1S(=O)(=O)c1ccc(Cl)cc1. The van der Waals surface area contributed by atoms with Crippen LogP contribution < -0.4 is 5.32 Å². The molecule has 0 saturated carbocycles. The molecule has 144 valence electrons. The summed E-state index contributed by atoms with van der Waals surface area (Å²) in [6.45, 7) is 0.0986. The average Bonchev–Trinajstić information content (AvgIpc) is 3.04. The van der Waals surface area contributed by atoms with Crippen LogP contribution in [-0.2, 0) is 21.4 Å². The van der Waals surface area contributed by atoms with Crippen molar-refractivity contribution in [1.82, 2.24) is 9.62 Å². The molecule has 1 fully saturated rings. The Hall–Kier alpha value is -1.64. The number of aliphatic hydroxyl groups excluding tert-OH is 1. The molecule has 0 aromatic heterocycles. The zero-order valence-corrected chi connectivity index (χ0v) is 16.5. The van der Waals surface area contributed by atoms with E-state index in [1.165, 1.54) is 24.3 Å². The van der Waals surface area contributed by atoms with Crippen LogP contribution in [0.15, 0.2) is 53.4 Å². The second-order valence-electron chi connectivity index (χ2n) is 6.28. The predicted octanol–water partition coefficient (Wildman–Crippen LogP) is 2.43. The van der Waals surface area contributed by atoms with Crippen LogP contribution in [0.4, 0.5) is 0 Å². The number of rotatable bonds is 5. The van der Waals surface area contributed by atoms with Gasteiger partial charge in [-0.05, 0) is 42.0 Å². The lowest BCUT2D eigenvalue weighted by molar-refractivity contribution is -0.124. The van der Waals surface area contributed by atoms with Crippen LogP contribution in [0.2, 0.25) is 10.0 Å². The summed E-state index contributed by atoms with van der Waals surface area (Å²) in [4.78, 5) is 12.6. The average molecular weight is 429 g/mol. The number of β-amino-alcohol motifs (C(OH)–C–C–N with tert-alkyl or cyclic N) is 1. The molecule has 0 spiro atoms. The highest BCUT2D eigenvalue weighted by molar-refractivity contribution is 7.89. The van der Waals surface area contributed by atoms with E-state index in [-0.39, 0.29) is 24.4 Å². The maximum atomic E-state index is 12.9. The molecule has 0 bridgehead atoms. The summed E-state index contributed by atoms with van der Waals surface area (Å²) in [6, 6.07) is 11.7. The fraction of sp³-hybridized carbons (Fsp3) is 0.278. The van der Waals surface area contributed by atoms with Crippen LogP contribution >= 0.6 is 23.2 Å². The molecule has 9 heteroatoms. The van der Waals surface area contributed by atoms with Crippen molar-refractivity contribution in [1.29, 1.82) is 0 Å². The Kier molecular flexibility index (Phi) is 6.08. The minimum atomic E-state index is -3.93. The molecule has 1 heterocycles. The molecular weight excluding hydrogens is 411 g/mol.